The van der Waals surface area contributed by atoms with Gasteiger partial charge in [-0.05, 0) is 49.2 Å². The highest BCUT2D eigenvalue weighted by Crippen LogP contribution is 2.24. The number of methoxy groups -OCH3 is 1. The molecule has 1 amide bonds. The number of fused-ring (bicyclic) bond motifs is 1. The largest absolute Gasteiger partial charge is 0.491 e. The number of nitrogens with zero attached hydrogens (tertiary/aromatic N) is 2. The summed E-state index contributed by atoms with van der Waals surface area (Å²) >= 11 is 0. The number of benzene rings is 2. The van der Waals surface area contributed by atoms with Gasteiger partial charge in [-0.1, -0.05) is 12.1 Å². The summed E-state index contributed by atoms with van der Waals surface area (Å²) < 4.78 is 12.7. The first-order valence-electron chi connectivity index (χ1n) is 9.92. The van der Waals surface area contributed by atoms with Gasteiger partial charge in [-0.25, -0.2) is 4.98 Å². The Balaban J connectivity index is 1.38. The minimum atomic E-state index is -0.154. The SMILES string of the molecule is COCCOc1ccc(C(=O)Nc2ccc(-c3cn4c(n3)CCCC4)cc2)cc1. The summed E-state index contributed by atoms with van der Waals surface area (Å²) in [5.74, 6) is 1.72. The molecule has 0 saturated carbocycles. The fourth-order valence-electron chi connectivity index (χ4n) is 3.42. The molecule has 3 aromatic rings. The molecule has 4 rings (SSSR count). The van der Waals surface area contributed by atoms with Gasteiger partial charge in [0.25, 0.3) is 5.91 Å². The number of anilines is 1. The van der Waals surface area contributed by atoms with E-state index in [4.69, 9.17) is 14.5 Å². The molecule has 1 aliphatic rings. The van der Waals surface area contributed by atoms with Crippen molar-refractivity contribution in [1.82, 2.24) is 9.55 Å². The van der Waals surface area contributed by atoms with E-state index in [2.05, 4.69) is 16.1 Å². The van der Waals surface area contributed by atoms with E-state index in [-0.39, 0.29) is 5.91 Å². The zero-order valence-corrected chi connectivity index (χ0v) is 16.6. The van der Waals surface area contributed by atoms with Crippen LogP contribution in [0.1, 0.15) is 29.0 Å². The third-order valence-corrected chi connectivity index (χ3v) is 5.02. The Hall–Kier alpha value is -3.12. The lowest BCUT2D eigenvalue weighted by atomic mass is 10.1. The Kier molecular flexibility index (Phi) is 5.91. The topological polar surface area (TPSA) is 65.4 Å². The molecule has 0 fully saturated rings. The van der Waals surface area contributed by atoms with E-state index in [1.54, 1.807) is 31.4 Å². The molecule has 1 N–H and O–H groups in total. The molecule has 29 heavy (non-hydrogen) atoms. The molecule has 1 aromatic heterocycles. The van der Waals surface area contributed by atoms with Crippen molar-refractivity contribution in [2.45, 2.75) is 25.8 Å². The van der Waals surface area contributed by atoms with Crippen molar-refractivity contribution in [2.75, 3.05) is 25.6 Å². The second-order valence-corrected chi connectivity index (χ2v) is 7.09. The summed E-state index contributed by atoms with van der Waals surface area (Å²) in [6.45, 7) is 2.06. The summed E-state index contributed by atoms with van der Waals surface area (Å²) in [5.41, 5.74) is 3.38. The van der Waals surface area contributed by atoms with Gasteiger partial charge < -0.3 is 19.4 Å². The van der Waals surface area contributed by atoms with Crippen LogP contribution in [0.15, 0.2) is 54.7 Å². The van der Waals surface area contributed by atoms with Gasteiger partial charge >= 0.3 is 0 Å². The van der Waals surface area contributed by atoms with Crippen molar-refractivity contribution in [3.8, 4) is 17.0 Å². The summed E-state index contributed by atoms with van der Waals surface area (Å²) in [6, 6.07) is 14.9. The number of rotatable bonds is 7. The highest BCUT2D eigenvalue weighted by Gasteiger charge is 2.13. The lowest BCUT2D eigenvalue weighted by Gasteiger charge is -2.11. The van der Waals surface area contributed by atoms with E-state index in [0.29, 0.717) is 24.5 Å². The van der Waals surface area contributed by atoms with Crippen molar-refractivity contribution in [3.05, 3.63) is 66.1 Å². The van der Waals surface area contributed by atoms with Gasteiger partial charge in [0, 0.05) is 43.1 Å². The standard InChI is InChI=1S/C23H25N3O3/c1-28-14-15-29-20-11-7-18(8-12-20)23(27)24-19-9-5-17(6-10-19)21-16-26-13-3-2-4-22(26)25-21/h5-12,16H,2-4,13-15H2,1H3,(H,24,27). The number of hydrogen-bond acceptors (Lipinski definition) is 4. The predicted molar refractivity (Wildman–Crippen MR) is 112 cm³/mol. The van der Waals surface area contributed by atoms with Crippen LogP contribution in [-0.4, -0.2) is 35.8 Å². The van der Waals surface area contributed by atoms with E-state index >= 15 is 0 Å². The molecule has 6 nitrogen and oxygen atoms in total. The number of hydrogen-bond donors (Lipinski definition) is 1. The van der Waals surface area contributed by atoms with Crippen LogP contribution < -0.4 is 10.1 Å². The van der Waals surface area contributed by atoms with Gasteiger partial charge in [0.15, 0.2) is 0 Å². The fraction of sp³-hybridized carbons (Fsp3) is 0.304. The van der Waals surface area contributed by atoms with E-state index in [0.717, 1.165) is 29.9 Å². The monoisotopic (exact) mass is 391 g/mol. The number of ether oxygens (including phenoxy) is 2. The van der Waals surface area contributed by atoms with Crippen LogP contribution >= 0.6 is 0 Å². The molecule has 0 aliphatic carbocycles. The van der Waals surface area contributed by atoms with Crippen molar-refractivity contribution >= 4 is 11.6 Å². The zero-order valence-electron chi connectivity index (χ0n) is 16.6. The minimum absolute atomic E-state index is 0.154. The molecular weight excluding hydrogens is 366 g/mol. The van der Waals surface area contributed by atoms with E-state index in [1.807, 2.05) is 24.3 Å². The summed E-state index contributed by atoms with van der Waals surface area (Å²) in [5, 5.41) is 2.93. The summed E-state index contributed by atoms with van der Waals surface area (Å²) in [7, 11) is 1.63. The molecule has 2 heterocycles. The molecule has 2 aromatic carbocycles. The van der Waals surface area contributed by atoms with Gasteiger partial charge in [0.2, 0.25) is 0 Å². The number of nitrogens with one attached hydrogen (secondary N) is 1. The second kappa shape index (κ2) is 8.92. The first kappa shape index (κ1) is 19.2. The van der Waals surface area contributed by atoms with Crippen molar-refractivity contribution in [1.29, 1.82) is 0 Å². The normalized spacial score (nSPS) is 13.0. The lowest BCUT2D eigenvalue weighted by molar-refractivity contribution is 0.102. The van der Waals surface area contributed by atoms with Crippen LogP contribution in [0.2, 0.25) is 0 Å². The number of amides is 1. The van der Waals surface area contributed by atoms with E-state index in [9.17, 15) is 4.79 Å². The maximum atomic E-state index is 12.5. The molecule has 0 spiro atoms. The smallest absolute Gasteiger partial charge is 0.255 e. The number of carbonyl (C=O) groups is 1. The molecule has 0 unspecified atom stereocenters. The third kappa shape index (κ3) is 4.66. The maximum Gasteiger partial charge on any atom is 0.255 e. The Morgan fingerprint density at radius 2 is 1.86 bits per heavy atom. The molecule has 1 aliphatic heterocycles. The zero-order chi connectivity index (χ0) is 20.1. The Bertz CT molecular complexity index is 939. The summed E-state index contributed by atoms with van der Waals surface area (Å²) in [6.07, 6.45) is 5.60. The van der Waals surface area contributed by atoms with Crippen molar-refractivity contribution in [2.24, 2.45) is 0 Å². The molecule has 0 saturated heterocycles. The van der Waals surface area contributed by atoms with Gasteiger partial charge in [-0.2, -0.15) is 0 Å². The lowest BCUT2D eigenvalue weighted by Crippen LogP contribution is -2.11. The Morgan fingerprint density at radius 1 is 1.07 bits per heavy atom. The molecule has 0 atom stereocenters. The molecular formula is C23H25N3O3. The number of carbonyl (C=O) groups excluding carboxylic acids is 1. The summed E-state index contributed by atoms with van der Waals surface area (Å²) in [4.78, 5) is 17.2. The molecule has 6 heteroatoms. The Labute approximate surface area is 170 Å². The molecule has 0 radical (unpaired) electrons. The Morgan fingerprint density at radius 3 is 2.59 bits per heavy atom. The quantitative estimate of drug-likeness (QED) is 0.614. The highest BCUT2D eigenvalue weighted by atomic mass is 16.5. The van der Waals surface area contributed by atoms with Crippen LogP contribution in [0.25, 0.3) is 11.3 Å². The molecule has 150 valence electrons. The minimum Gasteiger partial charge on any atom is -0.491 e. The van der Waals surface area contributed by atoms with Crippen LogP contribution in [0, 0.1) is 0 Å². The van der Waals surface area contributed by atoms with E-state index < -0.39 is 0 Å². The fourth-order valence-corrected chi connectivity index (χ4v) is 3.42. The van der Waals surface area contributed by atoms with Gasteiger partial charge in [0.1, 0.15) is 18.2 Å². The predicted octanol–water partition coefficient (Wildman–Crippen LogP) is 4.16. The van der Waals surface area contributed by atoms with Crippen LogP contribution in [-0.2, 0) is 17.7 Å². The highest BCUT2D eigenvalue weighted by molar-refractivity contribution is 6.04. The second-order valence-electron chi connectivity index (χ2n) is 7.09. The first-order chi connectivity index (χ1) is 14.2. The van der Waals surface area contributed by atoms with Gasteiger partial charge in [-0.3, -0.25) is 4.79 Å². The first-order valence-corrected chi connectivity index (χ1v) is 9.92. The van der Waals surface area contributed by atoms with E-state index in [1.165, 1.54) is 18.7 Å². The number of aryl methyl sites for hydroxylation is 2. The van der Waals surface area contributed by atoms with Gasteiger partial charge in [0.05, 0.1) is 12.3 Å². The maximum absolute atomic E-state index is 12.5. The van der Waals surface area contributed by atoms with Gasteiger partial charge in [-0.15, -0.1) is 0 Å². The average molecular weight is 391 g/mol. The number of aromatic nitrogens is 2. The third-order valence-electron chi connectivity index (χ3n) is 5.02. The van der Waals surface area contributed by atoms with Crippen LogP contribution in [0.4, 0.5) is 5.69 Å². The molecule has 0 bridgehead atoms. The number of imidazole rings is 1. The van der Waals surface area contributed by atoms with Crippen molar-refractivity contribution < 1.29 is 14.3 Å². The average Bonchev–Trinajstić information content (AvgIpc) is 3.19. The van der Waals surface area contributed by atoms with Crippen molar-refractivity contribution in [3.63, 3.8) is 0 Å². The van der Waals surface area contributed by atoms with Crippen LogP contribution in [0.5, 0.6) is 5.75 Å². The van der Waals surface area contributed by atoms with Crippen LogP contribution in [0.3, 0.4) is 0 Å².